The van der Waals surface area contributed by atoms with Gasteiger partial charge in [-0.3, -0.25) is 4.40 Å². The van der Waals surface area contributed by atoms with E-state index in [0.29, 0.717) is 10.0 Å². The van der Waals surface area contributed by atoms with E-state index < -0.39 is 0 Å². The van der Waals surface area contributed by atoms with E-state index in [0.717, 1.165) is 55.3 Å². The van der Waals surface area contributed by atoms with Crippen LogP contribution in [-0.2, 0) is 4.74 Å². The second-order valence-corrected chi connectivity index (χ2v) is 8.87. The van der Waals surface area contributed by atoms with Crippen molar-refractivity contribution in [1.82, 2.24) is 14.4 Å². The van der Waals surface area contributed by atoms with Crippen molar-refractivity contribution in [2.75, 3.05) is 24.6 Å². The number of halogens is 2. The van der Waals surface area contributed by atoms with Gasteiger partial charge in [0.25, 0.3) is 0 Å². The van der Waals surface area contributed by atoms with Crippen molar-refractivity contribution < 1.29 is 4.74 Å². The van der Waals surface area contributed by atoms with E-state index in [1.807, 2.05) is 28.9 Å². The highest BCUT2D eigenvalue weighted by Crippen LogP contribution is 2.42. The molecule has 2 saturated heterocycles. The van der Waals surface area contributed by atoms with E-state index in [2.05, 4.69) is 16.8 Å². The number of fused-ring (bicyclic) bond motifs is 1. The van der Waals surface area contributed by atoms with Gasteiger partial charge in [-0.05, 0) is 25.8 Å². The van der Waals surface area contributed by atoms with Crippen LogP contribution in [0.4, 0.5) is 5.95 Å². The lowest BCUT2D eigenvalue weighted by Crippen LogP contribution is -2.51. The number of rotatable bonds is 2. The van der Waals surface area contributed by atoms with Gasteiger partial charge in [-0.2, -0.15) is 27.0 Å². The maximum Gasteiger partial charge on any atom is 0.211 e. The third-order valence-corrected chi connectivity index (χ3v) is 7.36. The molecule has 31 heavy (non-hydrogen) atoms. The van der Waals surface area contributed by atoms with Crippen LogP contribution >= 0.6 is 50.2 Å². The molecule has 6 nitrogen and oxygen atoms in total. The molecule has 4 heterocycles. The summed E-state index contributed by atoms with van der Waals surface area (Å²) in [5.41, 5.74) is 9.04. The molecule has 0 radical (unpaired) electrons. The minimum atomic E-state index is 0. The first-order valence-electron chi connectivity index (χ1n) is 9.89. The van der Waals surface area contributed by atoms with Crippen LogP contribution < -0.4 is 10.6 Å². The molecule has 1 aromatic carbocycles. The highest BCUT2D eigenvalue weighted by atomic mass is 35.5. The summed E-state index contributed by atoms with van der Waals surface area (Å²) in [6, 6.07) is 5.69. The summed E-state index contributed by atoms with van der Waals surface area (Å²) in [5, 5.41) is 1.03. The molecule has 0 saturated carbocycles. The minimum absolute atomic E-state index is 0. The van der Waals surface area contributed by atoms with Crippen molar-refractivity contribution in [2.24, 2.45) is 11.1 Å². The zero-order valence-corrected chi connectivity index (χ0v) is 20.7. The van der Waals surface area contributed by atoms with Gasteiger partial charge >= 0.3 is 0 Å². The molecule has 10 heteroatoms. The number of nitrogens with two attached hydrogens (primary N) is 1. The molecule has 0 unspecified atom stereocenters. The van der Waals surface area contributed by atoms with E-state index in [4.69, 9.17) is 38.7 Å². The SMILES string of the molecule is C[C@@H]1OCC2(CCN(c3ncc(-c4cccc(Cl)c4Cl)c4nccn34)CC2)[C@@H]1N.S.S. The van der Waals surface area contributed by atoms with E-state index in [9.17, 15) is 0 Å². The van der Waals surface area contributed by atoms with Gasteiger partial charge in [0.2, 0.25) is 5.95 Å². The quantitative estimate of drug-likeness (QED) is 0.570. The number of anilines is 1. The van der Waals surface area contributed by atoms with Crippen molar-refractivity contribution in [2.45, 2.75) is 31.9 Å². The predicted octanol–water partition coefficient (Wildman–Crippen LogP) is 4.26. The van der Waals surface area contributed by atoms with Gasteiger partial charge in [0.15, 0.2) is 0 Å². The zero-order valence-electron chi connectivity index (χ0n) is 17.2. The smallest absolute Gasteiger partial charge is 0.211 e. The van der Waals surface area contributed by atoms with E-state index in [1.165, 1.54) is 0 Å². The third kappa shape index (κ3) is 4.03. The number of piperidine rings is 1. The third-order valence-electron chi connectivity index (χ3n) is 6.54. The standard InChI is InChI=1S/C21H23Cl2N5O.2H2S/c1-13-18(24)21(12-29-13)5-8-27(9-6-21)20-26-11-15(19-25-7-10-28(19)20)14-3-2-4-16(22)17(14)23;;/h2-4,7,10-11,13,18H,5-6,8-9,12,24H2,1H3;2*1H2/t13-,18+;;/m0../s1. The largest absolute Gasteiger partial charge is 0.376 e. The molecule has 2 fully saturated rings. The number of hydrogen-bond acceptors (Lipinski definition) is 5. The molecule has 2 N–H and O–H groups in total. The first-order valence-corrected chi connectivity index (χ1v) is 10.6. The van der Waals surface area contributed by atoms with Gasteiger partial charge in [-0.1, -0.05) is 35.3 Å². The van der Waals surface area contributed by atoms with Crippen molar-refractivity contribution in [3.05, 3.63) is 46.8 Å². The second kappa shape index (κ2) is 9.37. The van der Waals surface area contributed by atoms with Crippen LogP contribution in [0.2, 0.25) is 10.0 Å². The Morgan fingerprint density at radius 3 is 2.55 bits per heavy atom. The lowest BCUT2D eigenvalue weighted by Gasteiger charge is -2.41. The minimum Gasteiger partial charge on any atom is -0.376 e. The van der Waals surface area contributed by atoms with E-state index in [-0.39, 0.29) is 44.6 Å². The van der Waals surface area contributed by atoms with Crippen molar-refractivity contribution in [1.29, 1.82) is 0 Å². The van der Waals surface area contributed by atoms with Crippen molar-refractivity contribution in [3.8, 4) is 11.1 Å². The molecule has 168 valence electrons. The summed E-state index contributed by atoms with van der Waals surface area (Å²) >= 11 is 12.7. The van der Waals surface area contributed by atoms with E-state index >= 15 is 0 Å². The number of hydrogen-bond donors (Lipinski definition) is 1. The van der Waals surface area contributed by atoms with Crippen LogP contribution in [0.15, 0.2) is 36.8 Å². The maximum atomic E-state index is 6.46. The average Bonchev–Trinajstić information content (AvgIpc) is 3.32. The zero-order chi connectivity index (χ0) is 20.2. The number of benzene rings is 1. The lowest BCUT2D eigenvalue weighted by molar-refractivity contribution is 0.0973. The molecule has 0 bridgehead atoms. The summed E-state index contributed by atoms with van der Waals surface area (Å²) in [7, 11) is 0. The number of ether oxygens (including phenoxy) is 1. The topological polar surface area (TPSA) is 68.7 Å². The highest BCUT2D eigenvalue weighted by molar-refractivity contribution is 7.59. The monoisotopic (exact) mass is 499 g/mol. The van der Waals surface area contributed by atoms with Gasteiger partial charge in [-0.15, -0.1) is 0 Å². The Bertz CT molecular complexity index is 1070. The Labute approximate surface area is 206 Å². The number of imidazole rings is 1. The first kappa shape index (κ1) is 24.5. The first-order chi connectivity index (χ1) is 14.0. The Balaban J connectivity index is 0.00000136. The molecule has 1 spiro atoms. The fourth-order valence-electron chi connectivity index (χ4n) is 4.67. The molecule has 2 aliphatic rings. The molecule has 3 aromatic rings. The van der Waals surface area contributed by atoms with E-state index in [1.54, 1.807) is 12.3 Å². The summed E-state index contributed by atoms with van der Waals surface area (Å²) in [6.07, 6.45) is 7.69. The van der Waals surface area contributed by atoms with Crippen LogP contribution in [0.3, 0.4) is 0 Å². The highest BCUT2D eigenvalue weighted by Gasteiger charge is 2.47. The summed E-state index contributed by atoms with van der Waals surface area (Å²) in [4.78, 5) is 11.7. The van der Waals surface area contributed by atoms with Crippen LogP contribution in [0, 0.1) is 5.41 Å². The molecule has 2 aliphatic heterocycles. The molecule has 5 rings (SSSR count). The molecule has 0 amide bonds. The van der Waals surface area contributed by atoms with Gasteiger partial charge in [0, 0.05) is 54.3 Å². The van der Waals surface area contributed by atoms with Crippen molar-refractivity contribution >= 4 is 61.8 Å². The van der Waals surface area contributed by atoms with Gasteiger partial charge < -0.3 is 15.4 Å². The summed E-state index contributed by atoms with van der Waals surface area (Å²) in [5.74, 6) is 0.884. The Morgan fingerprint density at radius 1 is 1.13 bits per heavy atom. The molecule has 2 aromatic heterocycles. The summed E-state index contributed by atoms with van der Waals surface area (Å²) in [6.45, 7) is 4.61. The van der Waals surface area contributed by atoms with Crippen LogP contribution in [-0.4, -0.2) is 46.2 Å². The van der Waals surface area contributed by atoms with Crippen LogP contribution in [0.5, 0.6) is 0 Å². The fourth-order valence-corrected chi connectivity index (χ4v) is 5.07. The molecular formula is C21H27Cl2N5OS2. The maximum absolute atomic E-state index is 6.46. The van der Waals surface area contributed by atoms with Crippen molar-refractivity contribution in [3.63, 3.8) is 0 Å². The summed E-state index contributed by atoms with van der Waals surface area (Å²) < 4.78 is 7.87. The van der Waals surface area contributed by atoms with Gasteiger partial charge in [0.1, 0.15) is 5.65 Å². The molecule has 2 atom stereocenters. The Hall–Kier alpha value is -1.16. The Morgan fingerprint density at radius 2 is 1.87 bits per heavy atom. The fraction of sp³-hybridized carbons (Fsp3) is 0.429. The normalized spacial score (nSPS) is 22.4. The molecular weight excluding hydrogens is 473 g/mol. The number of nitrogens with zero attached hydrogens (tertiary/aromatic N) is 4. The molecule has 0 aliphatic carbocycles. The lowest BCUT2D eigenvalue weighted by atomic mass is 9.73. The van der Waals surface area contributed by atoms with Gasteiger partial charge in [-0.25, -0.2) is 9.97 Å². The van der Waals surface area contributed by atoms with Crippen LogP contribution in [0.25, 0.3) is 16.8 Å². The van der Waals surface area contributed by atoms with Gasteiger partial charge in [0.05, 0.1) is 22.8 Å². The van der Waals surface area contributed by atoms with Crippen LogP contribution in [0.1, 0.15) is 19.8 Å². The number of aromatic nitrogens is 3. The average molecular weight is 501 g/mol. The Kier molecular flexibility index (Phi) is 7.40. The predicted molar refractivity (Wildman–Crippen MR) is 136 cm³/mol. The second-order valence-electron chi connectivity index (χ2n) is 8.09.